The van der Waals surface area contributed by atoms with Gasteiger partial charge in [-0.05, 0) is 31.9 Å². The van der Waals surface area contributed by atoms with E-state index in [1.807, 2.05) is 6.92 Å². The molecule has 5 heteroatoms. The maximum atomic E-state index is 12.8. The van der Waals surface area contributed by atoms with Gasteiger partial charge in [-0.2, -0.15) is 0 Å². The van der Waals surface area contributed by atoms with Crippen molar-refractivity contribution in [2.75, 3.05) is 25.5 Å². The van der Waals surface area contributed by atoms with E-state index in [1.165, 1.54) is 0 Å². The Hall–Kier alpha value is -1.75. The van der Waals surface area contributed by atoms with Gasteiger partial charge in [0, 0.05) is 12.6 Å². The Bertz CT molecular complexity index is 484. The molecule has 1 saturated carbocycles. The maximum Gasteiger partial charge on any atom is 0.258 e. The average molecular weight is 292 g/mol. The number of hydrogen-bond acceptors (Lipinski definition) is 4. The molecule has 0 spiro atoms. The first-order chi connectivity index (χ1) is 10.2. The van der Waals surface area contributed by atoms with Crippen LogP contribution in [-0.4, -0.2) is 41.7 Å². The third-order valence-corrected chi connectivity index (χ3v) is 3.93. The first-order valence-electron chi connectivity index (χ1n) is 7.62. The molecule has 1 aliphatic carbocycles. The highest BCUT2D eigenvalue weighted by atomic mass is 16.5. The fourth-order valence-electron chi connectivity index (χ4n) is 2.96. The van der Waals surface area contributed by atoms with Gasteiger partial charge < -0.3 is 20.5 Å². The number of aliphatic hydroxyl groups excluding tert-OH is 1. The quantitative estimate of drug-likeness (QED) is 0.787. The number of amides is 1. The number of nitrogen functional groups attached to an aromatic ring is 1. The standard InChI is InChI=1S/C16H24N2O3/c1-2-21-15-13(8-5-9-14(15)17)16(20)18(10-11-19)12-6-3-4-7-12/h5,8-9,12,19H,2-4,6-7,10-11,17H2,1H3. The summed E-state index contributed by atoms with van der Waals surface area (Å²) < 4.78 is 5.54. The van der Waals surface area contributed by atoms with Crippen LogP contribution in [0.1, 0.15) is 43.0 Å². The number of carbonyl (C=O) groups is 1. The highest BCUT2D eigenvalue weighted by Gasteiger charge is 2.29. The zero-order valence-electron chi connectivity index (χ0n) is 12.5. The summed E-state index contributed by atoms with van der Waals surface area (Å²) in [5, 5.41) is 9.27. The van der Waals surface area contributed by atoms with E-state index >= 15 is 0 Å². The Labute approximate surface area is 125 Å². The predicted octanol–water partition coefficient (Wildman–Crippen LogP) is 2.04. The van der Waals surface area contributed by atoms with Crippen molar-refractivity contribution in [3.63, 3.8) is 0 Å². The third kappa shape index (κ3) is 3.47. The largest absolute Gasteiger partial charge is 0.491 e. The second kappa shape index (κ2) is 7.31. The minimum atomic E-state index is -0.105. The van der Waals surface area contributed by atoms with Crippen LogP contribution in [0, 0.1) is 0 Å². The number of nitrogens with zero attached hydrogens (tertiary/aromatic N) is 1. The molecule has 3 N–H and O–H groups in total. The number of nitrogens with two attached hydrogens (primary N) is 1. The number of anilines is 1. The summed E-state index contributed by atoms with van der Waals surface area (Å²) in [4.78, 5) is 14.6. The van der Waals surface area contributed by atoms with Gasteiger partial charge in [-0.15, -0.1) is 0 Å². The second-order valence-corrected chi connectivity index (χ2v) is 5.32. The summed E-state index contributed by atoms with van der Waals surface area (Å²) in [6.07, 6.45) is 4.26. The van der Waals surface area contributed by atoms with Crippen LogP contribution in [0.15, 0.2) is 18.2 Å². The molecule has 1 fully saturated rings. The van der Waals surface area contributed by atoms with E-state index in [4.69, 9.17) is 10.5 Å². The smallest absolute Gasteiger partial charge is 0.258 e. The lowest BCUT2D eigenvalue weighted by Gasteiger charge is -2.29. The topological polar surface area (TPSA) is 75.8 Å². The molecular weight excluding hydrogens is 268 g/mol. The van der Waals surface area contributed by atoms with Crippen LogP contribution < -0.4 is 10.5 Å². The summed E-state index contributed by atoms with van der Waals surface area (Å²) in [6.45, 7) is 2.64. The molecule has 21 heavy (non-hydrogen) atoms. The number of ether oxygens (including phenoxy) is 1. The molecule has 0 unspecified atom stereocenters. The molecule has 0 saturated heterocycles. The molecule has 0 radical (unpaired) electrons. The van der Waals surface area contributed by atoms with Crippen molar-refractivity contribution in [1.29, 1.82) is 0 Å². The van der Waals surface area contributed by atoms with Gasteiger partial charge in [0.15, 0.2) is 5.75 Å². The van der Waals surface area contributed by atoms with E-state index in [-0.39, 0.29) is 18.6 Å². The van der Waals surface area contributed by atoms with Crippen molar-refractivity contribution in [3.8, 4) is 5.75 Å². The lowest BCUT2D eigenvalue weighted by Crippen LogP contribution is -2.41. The number of carbonyl (C=O) groups excluding carboxylic acids is 1. The highest BCUT2D eigenvalue weighted by molar-refractivity contribution is 5.98. The van der Waals surface area contributed by atoms with Crippen LogP contribution in [0.5, 0.6) is 5.75 Å². The summed E-state index contributed by atoms with van der Waals surface area (Å²) in [5.41, 5.74) is 6.88. The summed E-state index contributed by atoms with van der Waals surface area (Å²) in [7, 11) is 0. The number of para-hydroxylation sites is 1. The zero-order valence-corrected chi connectivity index (χ0v) is 12.5. The monoisotopic (exact) mass is 292 g/mol. The van der Waals surface area contributed by atoms with Gasteiger partial charge in [-0.3, -0.25) is 4.79 Å². The van der Waals surface area contributed by atoms with Gasteiger partial charge in [0.05, 0.1) is 24.5 Å². The molecular formula is C16H24N2O3. The first-order valence-corrected chi connectivity index (χ1v) is 7.62. The maximum absolute atomic E-state index is 12.8. The van der Waals surface area contributed by atoms with Crippen LogP contribution in [0.2, 0.25) is 0 Å². The molecule has 2 rings (SSSR count). The Morgan fingerprint density at radius 1 is 1.43 bits per heavy atom. The molecule has 0 aliphatic heterocycles. The molecule has 1 aromatic carbocycles. The van der Waals surface area contributed by atoms with Crippen LogP contribution in [0.25, 0.3) is 0 Å². The Morgan fingerprint density at radius 3 is 2.76 bits per heavy atom. The van der Waals surface area contributed by atoms with E-state index in [1.54, 1.807) is 23.1 Å². The fourth-order valence-corrected chi connectivity index (χ4v) is 2.96. The van der Waals surface area contributed by atoms with Crippen molar-refractivity contribution in [2.24, 2.45) is 0 Å². The van der Waals surface area contributed by atoms with Gasteiger partial charge in [-0.1, -0.05) is 18.9 Å². The highest BCUT2D eigenvalue weighted by Crippen LogP contribution is 2.30. The van der Waals surface area contributed by atoms with Crippen molar-refractivity contribution in [2.45, 2.75) is 38.6 Å². The van der Waals surface area contributed by atoms with E-state index in [9.17, 15) is 9.90 Å². The Kier molecular flexibility index (Phi) is 5.44. The summed E-state index contributed by atoms with van der Waals surface area (Å²) >= 11 is 0. The van der Waals surface area contributed by atoms with E-state index in [0.717, 1.165) is 25.7 Å². The van der Waals surface area contributed by atoms with Crippen molar-refractivity contribution >= 4 is 11.6 Å². The lowest BCUT2D eigenvalue weighted by molar-refractivity contribution is 0.0634. The molecule has 0 bridgehead atoms. The fraction of sp³-hybridized carbons (Fsp3) is 0.562. The number of benzene rings is 1. The number of aliphatic hydroxyl groups is 1. The lowest BCUT2D eigenvalue weighted by atomic mass is 10.1. The third-order valence-electron chi connectivity index (χ3n) is 3.93. The molecule has 0 heterocycles. The molecule has 116 valence electrons. The molecule has 0 aromatic heterocycles. The van der Waals surface area contributed by atoms with Gasteiger partial charge in [-0.25, -0.2) is 0 Å². The van der Waals surface area contributed by atoms with Crippen molar-refractivity contribution in [3.05, 3.63) is 23.8 Å². The van der Waals surface area contributed by atoms with E-state index in [0.29, 0.717) is 30.2 Å². The van der Waals surface area contributed by atoms with Gasteiger partial charge in [0.2, 0.25) is 0 Å². The minimum absolute atomic E-state index is 0.0332. The van der Waals surface area contributed by atoms with Gasteiger partial charge >= 0.3 is 0 Å². The molecule has 0 atom stereocenters. The van der Waals surface area contributed by atoms with Crippen LogP contribution >= 0.6 is 0 Å². The first kappa shape index (κ1) is 15.6. The molecule has 1 aliphatic rings. The Balaban J connectivity index is 2.29. The average Bonchev–Trinajstić information content (AvgIpc) is 3.00. The Morgan fingerprint density at radius 2 is 2.14 bits per heavy atom. The van der Waals surface area contributed by atoms with Crippen LogP contribution in [0.4, 0.5) is 5.69 Å². The van der Waals surface area contributed by atoms with E-state index in [2.05, 4.69) is 0 Å². The number of rotatable bonds is 6. The van der Waals surface area contributed by atoms with Gasteiger partial charge in [0.25, 0.3) is 5.91 Å². The van der Waals surface area contributed by atoms with Gasteiger partial charge in [0.1, 0.15) is 0 Å². The second-order valence-electron chi connectivity index (χ2n) is 5.32. The molecule has 1 aromatic rings. The SMILES string of the molecule is CCOc1c(N)cccc1C(=O)N(CCO)C1CCCC1. The predicted molar refractivity (Wildman–Crippen MR) is 82.4 cm³/mol. The normalized spacial score (nSPS) is 15.1. The van der Waals surface area contributed by atoms with E-state index < -0.39 is 0 Å². The molecule has 5 nitrogen and oxygen atoms in total. The van der Waals surface area contributed by atoms with Crippen molar-refractivity contribution in [1.82, 2.24) is 4.90 Å². The van der Waals surface area contributed by atoms with Crippen molar-refractivity contribution < 1.29 is 14.6 Å². The molecule has 1 amide bonds. The summed E-state index contributed by atoms with van der Waals surface area (Å²) in [5.74, 6) is 0.345. The zero-order chi connectivity index (χ0) is 15.2. The minimum Gasteiger partial charge on any atom is -0.491 e. The van der Waals surface area contributed by atoms with Crippen LogP contribution in [0.3, 0.4) is 0 Å². The van der Waals surface area contributed by atoms with Crippen LogP contribution in [-0.2, 0) is 0 Å². The summed E-state index contributed by atoms with van der Waals surface area (Å²) in [6, 6.07) is 5.44. The number of hydrogen-bond donors (Lipinski definition) is 2.